The highest BCUT2D eigenvalue weighted by Crippen LogP contribution is 2.11. The molecular weight excluding hydrogens is 248 g/mol. The first-order chi connectivity index (χ1) is 9.17. The van der Waals surface area contributed by atoms with Gasteiger partial charge >= 0.3 is 0 Å². The summed E-state index contributed by atoms with van der Waals surface area (Å²) in [4.78, 5) is 22.0. The van der Waals surface area contributed by atoms with E-state index >= 15 is 0 Å². The number of rotatable bonds is 5. The van der Waals surface area contributed by atoms with Crippen molar-refractivity contribution in [3.63, 3.8) is 0 Å². The van der Waals surface area contributed by atoms with Crippen LogP contribution < -0.4 is 10.1 Å². The van der Waals surface area contributed by atoms with E-state index in [9.17, 15) is 9.59 Å². The van der Waals surface area contributed by atoms with Crippen LogP contribution in [0.5, 0.6) is 5.75 Å². The molecule has 2 aromatic rings. The Morgan fingerprint density at radius 1 is 1.42 bits per heavy atom. The summed E-state index contributed by atoms with van der Waals surface area (Å²) in [6, 6.07) is 8.08. The lowest BCUT2D eigenvalue weighted by Crippen LogP contribution is -2.20. The zero-order chi connectivity index (χ0) is 13.7. The number of aryl methyl sites for hydroxylation is 1. The van der Waals surface area contributed by atoms with Gasteiger partial charge in [0.2, 0.25) is 0 Å². The van der Waals surface area contributed by atoms with Gasteiger partial charge in [0.15, 0.2) is 12.4 Å². The number of ether oxygens (including phenoxy) is 1. The predicted octanol–water partition coefficient (Wildman–Crippen LogP) is 1.81. The Bertz CT molecular complexity index is 575. The van der Waals surface area contributed by atoms with E-state index in [-0.39, 0.29) is 12.5 Å². The Hall–Kier alpha value is -2.63. The topological polar surface area (TPSA) is 81.4 Å². The summed E-state index contributed by atoms with van der Waals surface area (Å²) in [7, 11) is 0. The standard InChI is InChI=1S/C13H12N2O4/c1-9-6-12(15-19-9)14-13(17)8-18-11-4-2-10(7-16)3-5-11/h2-7H,8H2,1H3,(H,14,15,17). The number of aromatic nitrogens is 1. The highest BCUT2D eigenvalue weighted by molar-refractivity contribution is 5.90. The van der Waals surface area contributed by atoms with Gasteiger partial charge in [-0.25, -0.2) is 0 Å². The third kappa shape index (κ3) is 3.67. The summed E-state index contributed by atoms with van der Waals surface area (Å²) in [5.41, 5.74) is 0.551. The normalized spacial score (nSPS) is 9.95. The third-order valence-electron chi connectivity index (χ3n) is 2.28. The molecule has 6 nitrogen and oxygen atoms in total. The monoisotopic (exact) mass is 260 g/mol. The molecule has 1 aromatic carbocycles. The molecule has 0 saturated carbocycles. The molecule has 0 aliphatic carbocycles. The fourth-order valence-corrected chi connectivity index (χ4v) is 1.40. The van der Waals surface area contributed by atoms with Crippen LogP contribution >= 0.6 is 0 Å². The van der Waals surface area contributed by atoms with Crippen molar-refractivity contribution in [1.82, 2.24) is 5.16 Å². The minimum atomic E-state index is -0.340. The minimum absolute atomic E-state index is 0.146. The van der Waals surface area contributed by atoms with E-state index in [1.54, 1.807) is 37.3 Å². The molecule has 1 aromatic heterocycles. The van der Waals surface area contributed by atoms with Crippen molar-refractivity contribution in [2.75, 3.05) is 11.9 Å². The molecule has 0 bridgehead atoms. The third-order valence-corrected chi connectivity index (χ3v) is 2.28. The summed E-state index contributed by atoms with van der Waals surface area (Å²) >= 11 is 0. The molecule has 19 heavy (non-hydrogen) atoms. The molecule has 2 rings (SSSR count). The SMILES string of the molecule is Cc1cc(NC(=O)COc2ccc(C=O)cc2)no1. The fraction of sp³-hybridized carbons (Fsp3) is 0.154. The Morgan fingerprint density at radius 3 is 2.74 bits per heavy atom. The molecule has 1 heterocycles. The Kier molecular flexibility index (Phi) is 3.92. The molecule has 98 valence electrons. The van der Waals surface area contributed by atoms with Crippen molar-refractivity contribution in [2.45, 2.75) is 6.92 Å². The zero-order valence-corrected chi connectivity index (χ0v) is 10.3. The maximum Gasteiger partial charge on any atom is 0.263 e. The summed E-state index contributed by atoms with van der Waals surface area (Å²) in [5.74, 6) is 1.13. The van der Waals surface area contributed by atoms with Crippen molar-refractivity contribution in [2.24, 2.45) is 0 Å². The van der Waals surface area contributed by atoms with Crippen LogP contribution in [0.1, 0.15) is 16.1 Å². The van der Waals surface area contributed by atoms with Crippen molar-refractivity contribution in [1.29, 1.82) is 0 Å². The van der Waals surface area contributed by atoms with E-state index in [1.807, 2.05) is 0 Å². The van der Waals surface area contributed by atoms with Crippen LogP contribution in [0.4, 0.5) is 5.82 Å². The second-order valence-electron chi connectivity index (χ2n) is 3.85. The molecule has 0 atom stereocenters. The fourth-order valence-electron chi connectivity index (χ4n) is 1.40. The molecule has 0 fully saturated rings. The van der Waals surface area contributed by atoms with Crippen LogP contribution in [0, 0.1) is 6.92 Å². The number of nitrogens with one attached hydrogen (secondary N) is 1. The van der Waals surface area contributed by atoms with Crippen LogP contribution in [0.15, 0.2) is 34.9 Å². The number of benzene rings is 1. The van der Waals surface area contributed by atoms with Gasteiger partial charge in [-0.2, -0.15) is 0 Å². The Labute approximate surface area is 109 Å². The van der Waals surface area contributed by atoms with Gasteiger partial charge < -0.3 is 14.6 Å². The van der Waals surface area contributed by atoms with Crippen molar-refractivity contribution < 1.29 is 18.8 Å². The number of aldehydes is 1. The second-order valence-corrected chi connectivity index (χ2v) is 3.85. The van der Waals surface area contributed by atoms with E-state index in [4.69, 9.17) is 9.26 Å². The van der Waals surface area contributed by atoms with Gasteiger partial charge in [0.1, 0.15) is 17.8 Å². The predicted molar refractivity (Wildman–Crippen MR) is 67.2 cm³/mol. The van der Waals surface area contributed by atoms with Crippen molar-refractivity contribution in [3.05, 3.63) is 41.7 Å². The highest BCUT2D eigenvalue weighted by atomic mass is 16.5. The number of anilines is 1. The highest BCUT2D eigenvalue weighted by Gasteiger charge is 2.06. The van der Waals surface area contributed by atoms with Crippen molar-refractivity contribution in [3.8, 4) is 5.75 Å². The van der Waals surface area contributed by atoms with E-state index < -0.39 is 0 Å². The second kappa shape index (κ2) is 5.81. The summed E-state index contributed by atoms with van der Waals surface area (Å²) in [6.07, 6.45) is 0.739. The minimum Gasteiger partial charge on any atom is -0.484 e. The lowest BCUT2D eigenvalue weighted by Gasteiger charge is -2.05. The van der Waals surface area contributed by atoms with Crippen LogP contribution in [0.3, 0.4) is 0 Å². The maximum absolute atomic E-state index is 11.5. The summed E-state index contributed by atoms with van der Waals surface area (Å²) < 4.78 is 10.1. The molecule has 1 N–H and O–H groups in total. The van der Waals surface area contributed by atoms with Gasteiger partial charge in [-0.05, 0) is 31.2 Å². The largest absolute Gasteiger partial charge is 0.484 e. The number of amides is 1. The van der Waals surface area contributed by atoms with Gasteiger partial charge in [0.05, 0.1) is 0 Å². The van der Waals surface area contributed by atoms with Gasteiger partial charge in [-0.3, -0.25) is 9.59 Å². The van der Waals surface area contributed by atoms with Gasteiger partial charge in [-0.1, -0.05) is 5.16 Å². The molecule has 0 unspecified atom stereocenters. The van der Waals surface area contributed by atoms with Crippen LogP contribution in [-0.4, -0.2) is 24.0 Å². The van der Waals surface area contributed by atoms with Crippen LogP contribution in [0.25, 0.3) is 0 Å². The molecule has 6 heteroatoms. The average Bonchev–Trinajstić information content (AvgIpc) is 2.82. The molecule has 0 radical (unpaired) electrons. The quantitative estimate of drug-likeness (QED) is 0.829. The Morgan fingerprint density at radius 2 is 2.16 bits per heavy atom. The van der Waals surface area contributed by atoms with Crippen LogP contribution in [-0.2, 0) is 4.79 Å². The number of carbonyl (C=O) groups excluding carboxylic acids is 2. The molecule has 0 aliphatic rings. The van der Waals surface area contributed by atoms with Crippen LogP contribution in [0.2, 0.25) is 0 Å². The van der Waals surface area contributed by atoms with E-state index in [2.05, 4.69) is 10.5 Å². The Balaban J connectivity index is 1.84. The molecule has 0 saturated heterocycles. The number of hydrogen-bond donors (Lipinski definition) is 1. The van der Waals surface area contributed by atoms with Gasteiger partial charge in [0, 0.05) is 11.6 Å². The molecular formula is C13H12N2O4. The van der Waals surface area contributed by atoms with Crippen molar-refractivity contribution >= 4 is 18.0 Å². The molecule has 0 spiro atoms. The summed E-state index contributed by atoms with van der Waals surface area (Å²) in [6.45, 7) is 1.58. The van der Waals surface area contributed by atoms with Gasteiger partial charge in [-0.15, -0.1) is 0 Å². The number of nitrogens with zero attached hydrogens (tertiary/aromatic N) is 1. The lowest BCUT2D eigenvalue weighted by atomic mass is 10.2. The number of carbonyl (C=O) groups is 2. The smallest absolute Gasteiger partial charge is 0.263 e. The first-order valence-corrected chi connectivity index (χ1v) is 5.58. The maximum atomic E-state index is 11.5. The summed E-state index contributed by atoms with van der Waals surface area (Å²) in [5, 5.41) is 6.16. The van der Waals surface area contributed by atoms with E-state index in [0.29, 0.717) is 22.9 Å². The first-order valence-electron chi connectivity index (χ1n) is 5.58. The molecule has 1 amide bonds. The first kappa shape index (κ1) is 12.8. The van der Waals surface area contributed by atoms with E-state index in [0.717, 1.165) is 6.29 Å². The molecule has 0 aliphatic heterocycles. The number of hydrogen-bond acceptors (Lipinski definition) is 5. The zero-order valence-electron chi connectivity index (χ0n) is 10.3. The van der Waals surface area contributed by atoms with E-state index in [1.165, 1.54) is 0 Å². The lowest BCUT2D eigenvalue weighted by molar-refractivity contribution is -0.118. The average molecular weight is 260 g/mol. The van der Waals surface area contributed by atoms with Gasteiger partial charge in [0.25, 0.3) is 5.91 Å².